The lowest BCUT2D eigenvalue weighted by Crippen LogP contribution is -2.29. The van der Waals surface area contributed by atoms with Gasteiger partial charge < -0.3 is 19.6 Å². The maximum atomic E-state index is 12.2. The fraction of sp³-hybridized carbons (Fsp3) is 0.238. The number of carbonyl (C=O) groups is 1. The monoisotopic (exact) mass is 367 g/mol. The number of hydrogen-bond donors (Lipinski definition) is 2. The number of aryl methyl sites for hydroxylation is 1. The Labute approximate surface area is 156 Å². The van der Waals surface area contributed by atoms with Gasteiger partial charge >= 0.3 is 5.63 Å². The molecule has 3 aromatic rings. The molecule has 0 fully saturated rings. The summed E-state index contributed by atoms with van der Waals surface area (Å²) >= 11 is 0. The number of amides is 1. The van der Waals surface area contributed by atoms with E-state index in [1.165, 1.54) is 12.1 Å². The van der Waals surface area contributed by atoms with E-state index in [4.69, 9.17) is 9.15 Å². The minimum absolute atomic E-state index is 0.0223. The number of aromatic hydroxyl groups is 1. The van der Waals surface area contributed by atoms with E-state index in [1.54, 1.807) is 20.1 Å². The first-order chi connectivity index (χ1) is 13.0. The van der Waals surface area contributed by atoms with E-state index in [-0.39, 0.29) is 18.1 Å². The molecule has 2 N–H and O–H groups in total. The summed E-state index contributed by atoms with van der Waals surface area (Å²) in [7, 11) is 1.61. The third-order valence-electron chi connectivity index (χ3n) is 4.50. The Bertz CT molecular complexity index is 1020. The fourth-order valence-electron chi connectivity index (χ4n) is 2.95. The fourth-order valence-corrected chi connectivity index (χ4v) is 2.95. The molecule has 0 aliphatic carbocycles. The summed E-state index contributed by atoms with van der Waals surface area (Å²) in [6.07, 6.45) is 0.633. The van der Waals surface area contributed by atoms with Crippen LogP contribution in [0.15, 0.2) is 51.7 Å². The zero-order valence-corrected chi connectivity index (χ0v) is 15.2. The standard InChI is InChI=1S/C21H21NO5/c1-13-17-8-5-15(23)11-19(17)27-21(25)18(13)12-20(24)22-10-9-14-3-6-16(26-2)7-4-14/h3-8,11,23H,9-10,12H2,1-2H3,(H,22,24). The lowest BCUT2D eigenvalue weighted by molar-refractivity contribution is -0.120. The van der Waals surface area contributed by atoms with Gasteiger partial charge in [-0.25, -0.2) is 4.79 Å². The Balaban J connectivity index is 1.65. The molecule has 0 atom stereocenters. The van der Waals surface area contributed by atoms with Gasteiger partial charge in [0.1, 0.15) is 17.1 Å². The third kappa shape index (κ3) is 4.28. The van der Waals surface area contributed by atoms with Crippen LogP contribution in [-0.4, -0.2) is 24.7 Å². The molecular formula is C21H21NO5. The summed E-state index contributed by atoms with van der Waals surface area (Å²) in [6, 6.07) is 12.2. The average Bonchev–Trinajstić information content (AvgIpc) is 2.65. The van der Waals surface area contributed by atoms with Crippen molar-refractivity contribution in [3.63, 3.8) is 0 Å². The third-order valence-corrected chi connectivity index (χ3v) is 4.50. The molecule has 1 amide bonds. The van der Waals surface area contributed by atoms with E-state index in [0.717, 1.165) is 11.3 Å². The minimum atomic E-state index is -0.559. The Morgan fingerprint density at radius 3 is 2.63 bits per heavy atom. The van der Waals surface area contributed by atoms with Crippen LogP contribution in [0.4, 0.5) is 0 Å². The first kappa shape index (κ1) is 18.5. The van der Waals surface area contributed by atoms with Crippen LogP contribution in [0, 0.1) is 6.92 Å². The van der Waals surface area contributed by atoms with E-state index in [1.807, 2.05) is 24.3 Å². The summed E-state index contributed by atoms with van der Waals surface area (Å²) in [5, 5.41) is 13.0. The van der Waals surface area contributed by atoms with Gasteiger partial charge in [-0.05, 0) is 48.7 Å². The Morgan fingerprint density at radius 2 is 1.93 bits per heavy atom. The lowest BCUT2D eigenvalue weighted by Gasteiger charge is -2.09. The van der Waals surface area contributed by atoms with Gasteiger partial charge in [-0.15, -0.1) is 0 Å². The summed E-state index contributed by atoms with van der Waals surface area (Å²) in [6.45, 7) is 2.24. The van der Waals surface area contributed by atoms with Crippen LogP contribution in [0.2, 0.25) is 0 Å². The van der Waals surface area contributed by atoms with Crippen LogP contribution < -0.4 is 15.7 Å². The van der Waals surface area contributed by atoms with Crippen molar-refractivity contribution in [3.8, 4) is 11.5 Å². The Morgan fingerprint density at radius 1 is 1.19 bits per heavy atom. The molecule has 6 nitrogen and oxygen atoms in total. The Hall–Kier alpha value is -3.28. The summed E-state index contributed by atoms with van der Waals surface area (Å²) in [4.78, 5) is 24.5. The average molecular weight is 367 g/mol. The summed E-state index contributed by atoms with van der Waals surface area (Å²) in [5.41, 5.74) is 1.84. The quantitative estimate of drug-likeness (QED) is 0.654. The van der Waals surface area contributed by atoms with Gasteiger partial charge in [-0.2, -0.15) is 0 Å². The second-order valence-corrected chi connectivity index (χ2v) is 6.30. The molecule has 1 aromatic heterocycles. The number of fused-ring (bicyclic) bond motifs is 1. The number of phenols is 1. The smallest absolute Gasteiger partial charge is 0.340 e. The highest BCUT2D eigenvalue weighted by atomic mass is 16.5. The molecule has 0 unspecified atom stereocenters. The molecule has 0 aliphatic rings. The predicted molar refractivity (Wildman–Crippen MR) is 102 cm³/mol. The second-order valence-electron chi connectivity index (χ2n) is 6.30. The molecule has 0 spiro atoms. The highest BCUT2D eigenvalue weighted by Crippen LogP contribution is 2.23. The number of nitrogens with one attached hydrogen (secondary N) is 1. The number of benzene rings is 2. The van der Waals surface area contributed by atoms with E-state index < -0.39 is 5.63 Å². The van der Waals surface area contributed by atoms with E-state index in [2.05, 4.69) is 5.32 Å². The van der Waals surface area contributed by atoms with Crippen molar-refractivity contribution >= 4 is 16.9 Å². The molecular weight excluding hydrogens is 346 g/mol. The molecule has 0 bridgehead atoms. The molecule has 0 radical (unpaired) electrons. The normalized spacial score (nSPS) is 10.7. The molecule has 27 heavy (non-hydrogen) atoms. The number of rotatable bonds is 6. The molecule has 1 heterocycles. The largest absolute Gasteiger partial charge is 0.508 e. The summed E-state index contributed by atoms with van der Waals surface area (Å²) < 4.78 is 10.4. The highest BCUT2D eigenvalue weighted by molar-refractivity contribution is 5.85. The van der Waals surface area contributed by atoms with Crippen molar-refractivity contribution < 1.29 is 19.1 Å². The number of hydrogen-bond acceptors (Lipinski definition) is 5. The second kappa shape index (κ2) is 7.95. The topological polar surface area (TPSA) is 88.8 Å². The molecule has 0 saturated carbocycles. The van der Waals surface area contributed by atoms with Gasteiger partial charge in [-0.1, -0.05) is 12.1 Å². The van der Waals surface area contributed by atoms with Crippen LogP contribution in [0.3, 0.4) is 0 Å². The zero-order valence-electron chi connectivity index (χ0n) is 15.2. The number of methoxy groups -OCH3 is 1. The maximum Gasteiger partial charge on any atom is 0.340 e. The van der Waals surface area contributed by atoms with E-state index >= 15 is 0 Å². The predicted octanol–water partition coefficient (Wildman–Crippen LogP) is 2.72. The first-order valence-corrected chi connectivity index (χ1v) is 8.63. The van der Waals surface area contributed by atoms with E-state index in [9.17, 15) is 14.7 Å². The first-order valence-electron chi connectivity index (χ1n) is 8.63. The van der Waals surface area contributed by atoms with Gasteiger partial charge in [0.15, 0.2) is 0 Å². The van der Waals surface area contributed by atoms with Crippen LogP contribution in [0.25, 0.3) is 11.0 Å². The van der Waals surface area contributed by atoms with E-state index in [0.29, 0.717) is 35.1 Å². The van der Waals surface area contributed by atoms with Crippen LogP contribution in [0.5, 0.6) is 11.5 Å². The minimum Gasteiger partial charge on any atom is -0.508 e. The van der Waals surface area contributed by atoms with Crippen molar-refractivity contribution in [1.82, 2.24) is 5.32 Å². The molecule has 0 aliphatic heterocycles. The van der Waals surface area contributed by atoms with Crippen molar-refractivity contribution in [2.75, 3.05) is 13.7 Å². The molecule has 140 valence electrons. The highest BCUT2D eigenvalue weighted by Gasteiger charge is 2.15. The number of ether oxygens (including phenoxy) is 1. The van der Waals surface area contributed by atoms with Gasteiger partial charge in [0.05, 0.1) is 19.1 Å². The van der Waals surface area contributed by atoms with Gasteiger partial charge in [0.25, 0.3) is 0 Å². The molecule has 2 aromatic carbocycles. The van der Waals surface area contributed by atoms with Crippen molar-refractivity contribution in [2.24, 2.45) is 0 Å². The van der Waals surface area contributed by atoms with Crippen LogP contribution >= 0.6 is 0 Å². The van der Waals surface area contributed by atoms with Gasteiger partial charge in [0, 0.05) is 18.0 Å². The van der Waals surface area contributed by atoms with Crippen molar-refractivity contribution in [1.29, 1.82) is 0 Å². The number of carbonyl (C=O) groups excluding carboxylic acids is 1. The SMILES string of the molecule is COc1ccc(CCNC(=O)Cc2c(C)c3ccc(O)cc3oc2=O)cc1. The zero-order chi connectivity index (χ0) is 19.4. The van der Waals surface area contributed by atoms with Gasteiger partial charge in [-0.3, -0.25) is 4.79 Å². The molecule has 0 saturated heterocycles. The van der Waals surface area contributed by atoms with Crippen molar-refractivity contribution in [3.05, 3.63) is 69.6 Å². The van der Waals surface area contributed by atoms with Crippen LogP contribution in [-0.2, 0) is 17.6 Å². The number of phenolic OH excluding ortho intramolecular Hbond substituents is 1. The Kier molecular flexibility index (Phi) is 5.45. The van der Waals surface area contributed by atoms with Crippen LogP contribution in [0.1, 0.15) is 16.7 Å². The maximum absolute atomic E-state index is 12.2. The summed E-state index contributed by atoms with van der Waals surface area (Å²) in [5.74, 6) is 0.570. The van der Waals surface area contributed by atoms with Gasteiger partial charge in [0.2, 0.25) is 5.91 Å². The lowest BCUT2D eigenvalue weighted by atomic mass is 10.0. The van der Waals surface area contributed by atoms with Crippen molar-refractivity contribution in [2.45, 2.75) is 19.8 Å². The molecule has 3 rings (SSSR count). The molecule has 6 heteroatoms.